The molecular formula is C24H19FN6O2S. The first-order valence-electron chi connectivity index (χ1n) is 10.4. The Labute approximate surface area is 198 Å². The van der Waals surface area contributed by atoms with Crippen molar-refractivity contribution in [1.82, 2.24) is 29.8 Å². The number of thioether (sulfide) groups is 1. The van der Waals surface area contributed by atoms with Gasteiger partial charge in [0.1, 0.15) is 17.4 Å². The number of aromatic nitrogens is 6. The SMILES string of the molecule is COc1ccc(Cn2nnnc2SCc2nc3ccccc3c(=O)n2-c2ccc(F)cc2)cc1. The number of halogens is 1. The molecule has 0 saturated heterocycles. The van der Waals surface area contributed by atoms with Gasteiger partial charge in [-0.25, -0.2) is 14.1 Å². The van der Waals surface area contributed by atoms with Gasteiger partial charge in [-0.2, -0.15) is 0 Å². The highest BCUT2D eigenvalue weighted by Gasteiger charge is 2.15. The number of hydrogen-bond acceptors (Lipinski definition) is 7. The molecule has 170 valence electrons. The van der Waals surface area contributed by atoms with Gasteiger partial charge in [0.25, 0.3) is 5.56 Å². The van der Waals surface area contributed by atoms with E-state index in [4.69, 9.17) is 9.72 Å². The minimum Gasteiger partial charge on any atom is -0.497 e. The molecule has 10 heteroatoms. The first-order chi connectivity index (χ1) is 16.6. The second-order valence-electron chi connectivity index (χ2n) is 7.42. The number of benzene rings is 3. The highest BCUT2D eigenvalue weighted by molar-refractivity contribution is 7.98. The number of ether oxygens (including phenoxy) is 1. The van der Waals surface area contributed by atoms with Crippen molar-refractivity contribution in [3.63, 3.8) is 0 Å². The van der Waals surface area contributed by atoms with Gasteiger partial charge in [-0.3, -0.25) is 9.36 Å². The van der Waals surface area contributed by atoms with Crippen LogP contribution in [0, 0.1) is 5.82 Å². The summed E-state index contributed by atoms with van der Waals surface area (Å²) in [6.07, 6.45) is 0. The van der Waals surface area contributed by atoms with Gasteiger partial charge in [0, 0.05) is 0 Å². The van der Waals surface area contributed by atoms with E-state index in [-0.39, 0.29) is 11.4 Å². The molecule has 0 fully saturated rings. The molecule has 3 aromatic carbocycles. The summed E-state index contributed by atoms with van der Waals surface area (Å²) in [7, 11) is 1.62. The predicted octanol–water partition coefficient (Wildman–Crippen LogP) is 3.86. The summed E-state index contributed by atoms with van der Waals surface area (Å²) in [5.41, 5.74) is 1.94. The van der Waals surface area contributed by atoms with Gasteiger partial charge in [0.2, 0.25) is 5.16 Å². The average molecular weight is 475 g/mol. The monoisotopic (exact) mass is 474 g/mol. The fourth-order valence-electron chi connectivity index (χ4n) is 3.56. The second kappa shape index (κ2) is 9.44. The van der Waals surface area contributed by atoms with E-state index in [1.807, 2.05) is 30.3 Å². The maximum atomic E-state index is 13.5. The first kappa shape index (κ1) is 21.8. The van der Waals surface area contributed by atoms with Crippen LogP contribution in [0.25, 0.3) is 16.6 Å². The topological polar surface area (TPSA) is 87.7 Å². The van der Waals surface area contributed by atoms with Crippen molar-refractivity contribution in [3.8, 4) is 11.4 Å². The van der Waals surface area contributed by atoms with Crippen LogP contribution in [0.4, 0.5) is 4.39 Å². The number of fused-ring (bicyclic) bond motifs is 1. The summed E-state index contributed by atoms with van der Waals surface area (Å²) in [5.74, 6) is 1.25. The van der Waals surface area contributed by atoms with E-state index in [1.54, 1.807) is 42.1 Å². The molecule has 0 unspecified atom stereocenters. The molecule has 34 heavy (non-hydrogen) atoms. The molecule has 0 aliphatic rings. The van der Waals surface area contributed by atoms with Crippen LogP contribution < -0.4 is 10.3 Å². The Kier molecular flexibility index (Phi) is 6.05. The molecule has 5 aromatic rings. The lowest BCUT2D eigenvalue weighted by Crippen LogP contribution is -2.23. The molecule has 0 radical (unpaired) electrons. The van der Waals surface area contributed by atoms with Crippen LogP contribution in [0.15, 0.2) is 82.7 Å². The first-order valence-corrected chi connectivity index (χ1v) is 11.4. The highest BCUT2D eigenvalue weighted by atomic mass is 32.2. The fraction of sp³-hybridized carbons (Fsp3) is 0.125. The van der Waals surface area contributed by atoms with Crippen LogP contribution in [0.3, 0.4) is 0 Å². The molecule has 0 aliphatic carbocycles. The molecule has 0 atom stereocenters. The van der Waals surface area contributed by atoms with Crippen molar-refractivity contribution >= 4 is 22.7 Å². The van der Waals surface area contributed by atoms with Crippen LogP contribution in [-0.2, 0) is 12.3 Å². The van der Waals surface area contributed by atoms with Gasteiger partial charge in [-0.15, -0.1) is 5.10 Å². The predicted molar refractivity (Wildman–Crippen MR) is 127 cm³/mol. The van der Waals surface area contributed by atoms with E-state index in [9.17, 15) is 9.18 Å². The van der Waals surface area contributed by atoms with E-state index < -0.39 is 0 Å². The van der Waals surface area contributed by atoms with Crippen molar-refractivity contribution in [3.05, 3.63) is 100 Å². The van der Waals surface area contributed by atoms with Crippen LogP contribution in [0.1, 0.15) is 11.4 Å². The number of methoxy groups -OCH3 is 1. The van der Waals surface area contributed by atoms with E-state index in [0.29, 0.717) is 39.9 Å². The van der Waals surface area contributed by atoms with Gasteiger partial charge in [-0.05, 0) is 64.5 Å². The summed E-state index contributed by atoms with van der Waals surface area (Å²) in [6, 6.07) is 20.6. The molecule has 0 aliphatic heterocycles. The van der Waals surface area contributed by atoms with E-state index in [2.05, 4.69) is 15.5 Å². The lowest BCUT2D eigenvalue weighted by atomic mass is 10.2. The van der Waals surface area contributed by atoms with Gasteiger partial charge < -0.3 is 4.74 Å². The molecule has 0 saturated carbocycles. The smallest absolute Gasteiger partial charge is 0.265 e. The third kappa shape index (κ3) is 4.40. The lowest BCUT2D eigenvalue weighted by molar-refractivity contribution is 0.414. The van der Waals surface area contributed by atoms with E-state index >= 15 is 0 Å². The third-order valence-corrected chi connectivity index (χ3v) is 6.20. The Hall–Kier alpha value is -4.05. The Bertz CT molecular complexity index is 1500. The molecule has 2 heterocycles. The second-order valence-corrected chi connectivity index (χ2v) is 8.36. The quantitative estimate of drug-likeness (QED) is 0.331. The van der Waals surface area contributed by atoms with Crippen LogP contribution in [-0.4, -0.2) is 36.9 Å². The van der Waals surface area contributed by atoms with Gasteiger partial charge in [-0.1, -0.05) is 36.0 Å². The average Bonchev–Trinajstić information content (AvgIpc) is 3.31. The van der Waals surface area contributed by atoms with Crippen molar-refractivity contribution in [2.45, 2.75) is 17.5 Å². The highest BCUT2D eigenvalue weighted by Crippen LogP contribution is 2.23. The largest absolute Gasteiger partial charge is 0.497 e. The summed E-state index contributed by atoms with van der Waals surface area (Å²) >= 11 is 1.37. The van der Waals surface area contributed by atoms with Crippen molar-refractivity contribution < 1.29 is 9.13 Å². The zero-order chi connectivity index (χ0) is 23.5. The number of hydrogen-bond donors (Lipinski definition) is 0. The molecule has 2 aromatic heterocycles. The standard InChI is InChI=1S/C24H19FN6O2S/c1-33-19-12-6-16(7-13-19)14-30-24(27-28-29-30)34-15-22-26-21-5-3-2-4-20(21)23(32)31(22)18-10-8-17(25)9-11-18/h2-13H,14-15H2,1H3. The molecular weight excluding hydrogens is 455 g/mol. The van der Waals surface area contributed by atoms with Crippen molar-refractivity contribution in [1.29, 1.82) is 0 Å². The summed E-state index contributed by atoms with van der Waals surface area (Å²) in [6.45, 7) is 0.481. The van der Waals surface area contributed by atoms with Gasteiger partial charge >= 0.3 is 0 Å². The Balaban J connectivity index is 1.47. The zero-order valence-corrected chi connectivity index (χ0v) is 18.9. The summed E-state index contributed by atoms with van der Waals surface area (Å²) in [4.78, 5) is 18.0. The van der Waals surface area contributed by atoms with Crippen LogP contribution >= 0.6 is 11.8 Å². The van der Waals surface area contributed by atoms with Gasteiger partial charge in [0.05, 0.1) is 36.0 Å². The minimum atomic E-state index is -0.376. The molecule has 5 rings (SSSR count). The minimum absolute atomic E-state index is 0.217. The molecule has 0 N–H and O–H groups in total. The maximum absolute atomic E-state index is 13.5. The molecule has 8 nitrogen and oxygen atoms in total. The van der Waals surface area contributed by atoms with Crippen LogP contribution in [0.2, 0.25) is 0 Å². The van der Waals surface area contributed by atoms with E-state index in [1.165, 1.54) is 28.5 Å². The fourth-order valence-corrected chi connectivity index (χ4v) is 4.36. The third-order valence-electron chi connectivity index (χ3n) is 5.25. The summed E-state index contributed by atoms with van der Waals surface area (Å²) in [5, 5.41) is 13.1. The molecule has 0 amide bonds. The molecule has 0 spiro atoms. The molecule has 0 bridgehead atoms. The van der Waals surface area contributed by atoms with Crippen molar-refractivity contribution in [2.24, 2.45) is 0 Å². The normalized spacial score (nSPS) is 11.1. The maximum Gasteiger partial charge on any atom is 0.265 e. The number of tetrazole rings is 1. The summed E-state index contributed by atoms with van der Waals surface area (Å²) < 4.78 is 21.9. The van der Waals surface area contributed by atoms with E-state index in [0.717, 1.165) is 11.3 Å². The van der Waals surface area contributed by atoms with Crippen LogP contribution in [0.5, 0.6) is 5.75 Å². The Morgan fingerprint density at radius 2 is 1.76 bits per heavy atom. The number of nitrogens with zero attached hydrogens (tertiary/aromatic N) is 6. The number of rotatable bonds is 7. The van der Waals surface area contributed by atoms with Gasteiger partial charge in [0.15, 0.2) is 0 Å². The lowest BCUT2D eigenvalue weighted by Gasteiger charge is -2.13. The van der Waals surface area contributed by atoms with Crippen molar-refractivity contribution in [2.75, 3.05) is 7.11 Å². The number of para-hydroxylation sites is 1. The zero-order valence-electron chi connectivity index (χ0n) is 18.1. The Morgan fingerprint density at radius 1 is 1.00 bits per heavy atom. The Morgan fingerprint density at radius 3 is 2.53 bits per heavy atom.